The number of nitrogens with one attached hydrogen (secondary N) is 1. The van der Waals surface area contributed by atoms with Gasteiger partial charge in [-0.3, -0.25) is 0 Å². The summed E-state index contributed by atoms with van der Waals surface area (Å²) >= 11 is 0. The van der Waals surface area contributed by atoms with E-state index in [9.17, 15) is 13.2 Å². The summed E-state index contributed by atoms with van der Waals surface area (Å²) in [6.07, 6.45) is 2.73. The molecule has 150 valence electrons. The molecular weight excluding hydrogens is 362 g/mol. The second-order valence-corrected chi connectivity index (χ2v) is 10.1. The van der Waals surface area contributed by atoms with Crippen molar-refractivity contribution < 1.29 is 13.2 Å². The van der Waals surface area contributed by atoms with E-state index in [2.05, 4.69) is 19.2 Å². The molecule has 7 heteroatoms. The molecule has 6 nitrogen and oxygen atoms in total. The molecule has 3 rings (SSSR count). The number of urea groups is 1. The summed E-state index contributed by atoms with van der Waals surface area (Å²) in [6, 6.07) is 8.62. The third-order valence-electron chi connectivity index (χ3n) is 5.65. The van der Waals surface area contributed by atoms with Gasteiger partial charge in [0, 0.05) is 32.7 Å². The molecule has 0 saturated carbocycles. The predicted molar refractivity (Wildman–Crippen MR) is 106 cm³/mol. The molecular formula is C20H31N3O3S. The third-order valence-corrected chi connectivity index (χ3v) is 7.57. The lowest BCUT2D eigenvalue weighted by molar-refractivity contribution is 0.143. The van der Waals surface area contributed by atoms with Gasteiger partial charge >= 0.3 is 6.03 Å². The lowest BCUT2D eigenvalue weighted by Crippen LogP contribution is -2.49. The first kappa shape index (κ1) is 20.1. The van der Waals surface area contributed by atoms with Crippen LogP contribution in [0.1, 0.15) is 33.1 Å². The molecule has 0 radical (unpaired) electrons. The van der Waals surface area contributed by atoms with E-state index in [0.29, 0.717) is 42.3 Å². The van der Waals surface area contributed by atoms with Gasteiger partial charge in [0.15, 0.2) is 0 Å². The average molecular weight is 394 g/mol. The number of sulfonamides is 1. The van der Waals surface area contributed by atoms with Crippen molar-refractivity contribution in [1.82, 2.24) is 14.5 Å². The Hall–Kier alpha value is -1.60. The minimum atomic E-state index is -3.41. The Morgan fingerprint density at radius 1 is 1.07 bits per heavy atom. The molecule has 1 aromatic rings. The van der Waals surface area contributed by atoms with Crippen molar-refractivity contribution >= 4 is 16.1 Å². The zero-order valence-corrected chi connectivity index (χ0v) is 17.1. The molecule has 0 bridgehead atoms. The van der Waals surface area contributed by atoms with Crippen LogP contribution < -0.4 is 5.32 Å². The number of hydrogen-bond acceptors (Lipinski definition) is 3. The largest absolute Gasteiger partial charge is 0.338 e. The highest BCUT2D eigenvalue weighted by Crippen LogP contribution is 2.24. The van der Waals surface area contributed by atoms with Crippen LogP contribution in [-0.2, 0) is 10.0 Å². The molecule has 0 aromatic heterocycles. The number of piperidine rings is 2. The third kappa shape index (κ3) is 5.02. The molecule has 2 heterocycles. The number of carbonyl (C=O) groups is 1. The fourth-order valence-corrected chi connectivity index (χ4v) is 5.76. The molecule has 2 atom stereocenters. The van der Waals surface area contributed by atoms with Crippen molar-refractivity contribution in [2.75, 3.05) is 32.7 Å². The first-order valence-corrected chi connectivity index (χ1v) is 11.4. The summed E-state index contributed by atoms with van der Waals surface area (Å²) in [4.78, 5) is 14.7. The Balaban J connectivity index is 1.46. The molecule has 2 amide bonds. The van der Waals surface area contributed by atoms with Crippen LogP contribution in [0.3, 0.4) is 0 Å². The van der Waals surface area contributed by atoms with Crippen LogP contribution in [0.4, 0.5) is 4.79 Å². The van der Waals surface area contributed by atoms with E-state index < -0.39 is 10.0 Å². The Bertz CT molecular complexity index is 720. The van der Waals surface area contributed by atoms with Gasteiger partial charge < -0.3 is 10.2 Å². The molecule has 1 aromatic carbocycles. The molecule has 2 saturated heterocycles. The lowest BCUT2D eigenvalue weighted by atomic mass is 9.92. The number of rotatable bonds is 4. The molecule has 1 N–H and O–H groups in total. The monoisotopic (exact) mass is 393 g/mol. The fourth-order valence-electron chi connectivity index (χ4n) is 4.27. The molecule has 2 fully saturated rings. The van der Waals surface area contributed by atoms with Crippen molar-refractivity contribution in [2.45, 2.75) is 38.0 Å². The molecule has 0 spiro atoms. The van der Waals surface area contributed by atoms with Gasteiger partial charge in [-0.2, -0.15) is 4.31 Å². The van der Waals surface area contributed by atoms with Crippen LogP contribution in [0.15, 0.2) is 35.2 Å². The SMILES string of the molecule is CC1CC(C)CN(C(=O)NCC2CCN(S(=O)(=O)c3ccccc3)CC2)C1. The molecule has 2 unspecified atom stereocenters. The van der Waals surface area contributed by atoms with Crippen LogP contribution in [0.25, 0.3) is 0 Å². The summed E-state index contributed by atoms with van der Waals surface area (Å²) in [7, 11) is -3.41. The van der Waals surface area contributed by atoms with Gasteiger partial charge in [-0.1, -0.05) is 32.0 Å². The van der Waals surface area contributed by atoms with Gasteiger partial charge in [-0.05, 0) is 49.1 Å². The topological polar surface area (TPSA) is 69.7 Å². The Morgan fingerprint density at radius 3 is 2.26 bits per heavy atom. The van der Waals surface area contributed by atoms with E-state index in [-0.39, 0.29) is 6.03 Å². The molecule has 2 aliphatic rings. The predicted octanol–water partition coefficient (Wildman–Crippen LogP) is 2.77. The van der Waals surface area contributed by atoms with E-state index in [1.165, 1.54) is 6.42 Å². The maximum absolute atomic E-state index is 12.7. The summed E-state index contributed by atoms with van der Waals surface area (Å²) in [5, 5.41) is 3.07. The van der Waals surface area contributed by atoms with Crippen LogP contribution in [0.5, 0.6) is 0 Å². The van der Waals surface area contributed by atoms with Crippen LogP contribution in [-0.4, -0.2) is 56.4 Å². The Morgan fingerprint density at radius 2 is 1.67 bits per heavy atom. The average Bonchev–Trinajstić information content (AvgIpc) is 2.66. The highest BCUT2D eigenvalue weighted by molar-refractivity contribution is 7.89. The van der Waals surface area contributed by atoms with Crippen molar-refractivity contribution in [3.05, 3.63) is 30.3 Å². The first-order valence-electron chi connectivity index (χ1n) is 9.94. The number of benzene rings is 1. The highest BCUT2D eigenvalue weighted by atomic mass is 32.2. The van der Waals surface area contributed by atoms with E-state index in [1.807, 2.05) is 11.0 Å². The van der Waals surface area contributed by atoms with Gasteiger partial charge in [0.1, 0.15) is 0 Å². The smallest absolute Gasteiger partial charge is 0.317 e. The highest BCUT2D eigenvalue weighted by Gasteiger charge is 2.30. The Labute approximate surface area is 163 Å². The number of nitrogens with zero attached hydrogens (tertiary/aromatic N) is 2. The van der Waals surface area contributed by atoms with Gasteiger partial charge in [0.2, 0.25) is 10.0 Å². The minimum Gasteiger partial charge on any atom is -0.338 e. The second kappa shape index (κ2) is 8.61. The number of likely N-dealkylation sites (tertiary alicyclic amines) is 1. The number of amides is 2. The van der Waals surface area contributed by atoms with Gasteiger partial charge in [0.25, 0.3) is 0 Å². The van der Waals surface area contributed by atoms with E-state index in [1.54, 1.807) is 28.6 Å². The maximum atomic E-state index is 12.7. The van der Waals surface area contributed by atoms with Crippen molar-refractivity contribution in [1.29, 1.82) is 0 Å². The number of carbonyl (C=O) groups excluding carboxylic acids is 1. The van der Waals surface area contributed by atoms with E-state index in [0.717, 1.165) is 25.9 Å². The lowest BCUT2D eigenvalue weighted by Gasteiger charge is -2.36. The normalized spacial score (nSPS) is 25.3. The minimum absolute atomic E-state index is 0.0211. The first-order chi connectivity index (χ1) is 12.9. The summed E-state index contributed by atoms with van der Waals surface area (Å²) in [5.74, 6) is 1.42. The summed E-state index contributed by atoms with van der Waals surface area (Å²) in [6.45, 7) is 7.67. The van der Waals surface area contributed by atoms with Crippen LogP contribution >= 0.6 is 0 Å². The molecule has 2 aliphatic heterocycles. The van der Waals surface area contributed by atoms with Gasteiger partial charge in [0.05, 0.1) is 4.90 Å². The van der Waals surface area contributed by atoms with E-state index in [4.69, 9.17) is 0 Å². The zero-order chi connectivity index (χ0) is 19.4. The van der Waals surface area contributed by atoms with Crippen LogP contribution in [0, 0.1) is 17.8 Å². The van der Waals surface area contributed by atoms with Crippen molar-refractivity contribution in [3.63, 3.8) is 0 Å². The van der Waals surface area contributed by atoms with Crippen molar-refractivity contribution in [2.24, 2.45) is 17.8 Å². The molecule has 0 aliphatic carbocycles. The van der Waals surface area contributed by atoms with Crippen molar-refractivity contribution in [3.8, 4) is 0 Å². The van der Waals surface area contributed by atoms with Gasteiger partial charge in [-0.25, -0.2) is 13.2 Å². The summed E-state index contributed by atoms with van der Waals surface area (Å²) < 4.78 is 26.9. The van der Waals surface area contributed by atoms with Gasteiger partial charge in [-0.15, -0.1) is 0 Å². The van der Waals surface area contributed by atoms with E-state index >= 15 is 0 Å². The zero-order valence-electron chi connectivity index (χ0n) is 16.3. The number of hydrogen-bond donors (Lipinski definition) is 1. The fraction of sp³-hybridized carbons (Fsp3) is 0.650. The molecule has 27 heavy (non-hydrogen) atoms. The standard InChI is InChI=1S/C20H31N3O3S/c1-16-12-17(2)15-22(14-16)20(24)21-13-18-8-10-23(11-9-18)27(25,26)19-6-4-3-5-7-19/h3-7,16-18H,8-15H2,1-2H3,(H,21,24). The second-order valence-electron chi connectivity index (χ2n) is 8.20. The maximum Gasteiger partial charge on any atom is 0.317 e. The summed E-state index contributed by atoms with van der Waals surface area (Å²) in [5.41, 5.74) is 0. The Kier molecular flexibility index (Phi) is 6.42. The van der Waals surface area contributed by atoms with Crippen LogP contribution in [0.2, 0.25) is 0 Å². The quantitative estimate of drug-likeness (QED) is 0.855.